The van der Waals surface area contributed by atoms with Crippen LogP contribution in [0.3, 0.4) is 0 Å². The molecular formula is C45H48O11. The van der Waals surface area contributed by atoms with Crippen molar-refractivity contribution < 1.29 is 52.3 Å². The maximum Gasteiger partial charge on any atom is 0.343 e. The van der Waals surface area contributed by atoms with Gasteiger partial charge in [0.15, 0.2) is 11.5 Å². The van der Waals surface area contributed by atoms with Gasteiger partial charge in [-0.15, -0.1) is 0 Å². The van der Waals surface area contributed by atoms with Crippen LogP contribution in [0, 0.1) is 0 Å². The van der Waals surface area contributed by atoms with Crippen LogP contribution in [-0.4, -0.2) is 57.4 Å². The monoisotopic (exact) mass is 764 g/mol. The van der Waals surface area contributed by atoms with Crippen molar-refractivity contribution in [1.29, 1.82) is 0 Å². The minimum Gasteiger partial charge on any atom is -0.494 e. The average molecular weight is 765 g/mol. The molecule has 4 aromatic rings. The lowest BCUT2D eigenvalue weighted by molar-refractivity contribution is -0.138. The van der Waals surface area contributed by atoms with Crippen LogP contribution in [0.5, 0.6) is 28.7 Å². The average Bonchev–Trinajstić information content (AvgIpc) is 3.23. The van der Waals surface area contributed by atoms with Gasteiger partial charge in [-0.25, -0.2) is 19.2 Å². The van der Waals surface area contributed by atoms with Gasteiger partial charge in [-0.05, 0) is 129 Å². The van der Waals surface area contributed by atoms with Gasteiger partial charge < -0.3 is 33.2 Å². The quantitative estimate of drug-likeness (QED) is 0.0293. The van der Waals surface area contributed by atoms with E-state index in [2.05, 4.69) is 13.2 Å². The molecule has 0 aromatic heterocycles. The lowest BCUT2D eigenvalue weighted by Crippen LogP contribution is -2.09. The molecule has 56 heavy (non-hydrogen) atoms. The number of carbonyl (C=O) groups is 4. The first-order valence-corrected chi connectivity index (χ1v) is 18.6. The minimum absolute atomic E-state index is 0.310. The zero-order valence-corrected chi connectivity index (χ0v) is 31.7. The van der Waals surface area contributed by atoms with Crippen molar-refractivity contribution >= 4 is 23.9 Å². The molecule has 0 saturated carbocycles. The molecule has 0 aliphatic rings. The standard InChI is InChI=1S/C45H48O11/c1-4-42(46)53-30-12-8-6-10-28-51-37-23-25-39(26-24-37)55-44(48)35-16-14-33(15-17-35)34-18-21-38(22-19-34)56-45(49)36-20-27-40(41(32-36)50-3)52-29-11-7-9-13-31-54-43(47)5-2/h4-5,14-27,32H,1-2,6-13,28-31H2,3H3. The molecule has 0 atom stereocenters. The molecule has 0 bridgehead atoms. The van der Waals surface area contributed by atoms with Crippen LogP contribution >= 0.6 is 0 Å². The maximum atomic E-state index is 12.9. The van der Waals surface area contributed by atoms with Crippen LogP contribution in [0.4, 0.5) is 0 Å². The molecule has 4 aromatic carbocycles. The summed E-state index contributed by atoms with van der Waals surface area (Å²) >= 11 is 0. The van der Waals surface area contributed by atoms with E-state index in [1.54, 1.807) is 66.7 Å². The number of carbonyl (C=O) groups excluding carboxylic acids is 4. The van der Waals surface area contributed by atoms with E-state index >= 15 is 0 Å². The molecule has 294 valence electrons. The molecule has 0 amide bonds. The van der Waals surface area contributed by atoms with Crippen LogP contribution in [0.2, 0.25) is 0 Å². The molecule has 11 nitrogen and oxygen atoms in total. The van der Waals surface area contributed by atoms with Crippen LogP contribution in [0.1, 0.15) is 72.1 Å². The Hall–Kier alpha value is -6.36. The lowest BCUT2D eigenvalue weighted by Gasteiger charge is -2.12. The van der Waals surface area contributed by atoms with Crippen molar-refractivity contribution in [3.63, 3.8) is 0 Å². The first kappa shape index (κ1) is 42.4. The van der Waals surface area contributed by atoms with E-state index in [0.717, 1.165) is 74.6 Å². The Morgan fingerprint density at radius 3 is 1.43 bits per heavy atom. The summed E-state index contributed by atoms with van der Waals surface area (Å²) in [6.07, 6.45) is 9.25. The van der Waals surface area contributed by atoms with E-state index in [1.165, 1.54) is 7.11 Å². The van der Waals surface area contributed by atoms with Gasteiger partial charge in [0.05, 0.1) is 44.7 Å². The smallest absolute Gasteiger partial charge is 0.343 e. The highest BCUT2D eigenvalue weighted by molar-refractivity contribution is 5.92. The first-order chi connectivity index (χ1) is 27.3. The third-order valence-corrected chi connectivity index (χ3v) is 8.38. The minimum atomic E-state index is -0.543. The highest BCUT2D eigenvalue weighted by atomic mass is 16.5. The fraction of sp³-hybridized carbons (Fsp3) is 0.289. The normalized spacial score (nSPS) is 10.4. The van der Waals surface area contributed by atoms with E-state index in [-0.39, 0.29) is 0 Å². The van der Waals surface area contributed by atoms with Crippen molar-refractivity contribution in [2.75, 3.05) is 33.5 Å². The number of hydrogen-bond acceptors (Lipinski definition) is 11. The predicted molar refractivity (Wildman–Crippen MR) is 211 cm³/mol. The molecule has 0 aliphatic heterocycles. The summed E-state index contributed by atoms with van der Waals surface area (Å²) in [4.78, 5) is 47.9. The van der Waals surface area contributed by atoms with Crippen molar-refractivity contribution in [1.82, 2.24) is 0 Å². The molecule has 0 fully saturated rings. The summed E-state index contributed by atoms with van der Waals surface area (Å²) in [6.45, 7) is 8.53. The van der Waals surface area contributed by atoms with Gasteiger partial charge in [0.25, 0.3) is 0 Å². The Balaban J connectivity index is 1.18. The Morgan fingerprint density at radius 1 is 0.482 bits per heavy atom. The van der Waals surface area contributed by atoms with Gasteiger partial charge in [0, 0.05) is 12.2 Å². The molecule has 11 heteroatoms. The van der Waals surface area contributed by atoms with Gasteiger partial charge in [-0.3, -0.25) is 0 Å². The highest BCUT2D eigenvalue weighted by Crippen LogP contribution is 2.30. The van der Waals surface area contributed by atoms with Crippen molar-refractivity contribution in [3.8, 4) is 39.9 Å². The zero-order valence-electron chi connectivity index (χ0n) is 31.7. The Bertz CT molecular complexity index is 1880. The van der Waals surface area contributed by atoms with Gasteiger partial charge in [0.2, 0.25) is 0 Å². The van der Waals surface area contributed by atoms with Crippen LogP contribution in [0.25, 0.3) is 11.1 Å². The number of ether oxygens (including phenoxy) is 7. The fourth-order valence-corrected chi connectivity index (χ4v) is 5.31. The number of hydrogen-bond donors (Lipinski definition) is 0. The van der Waals surface area contributed by atoms with E-state index in [1.807, 2.05) is 24.3 Å². The molecule has 4 rings (SSSR count). The predicted octanol–water partition coefficient (Wildman–Crippen LogP) is 9.14. The number of unbranched alkanes of at least 4 members (excludes halogenated alkanes) is 6. The van der Waals surface area contributed by atoms with Gasteiger partial charge in [-0.2, -0.15) is 0 Å². The summed E-state index contributed by atoms with van der Waals surface area (Å²) in [5, 5.41) is 0. The van der Waals surface area contributed by atoms with Gasteiger partial charge in [-0.1, -0.05) is 37.4 Å². The van der Waals surface area contributed by atoms with Crippen LogP contribution < -0.4 is 23.7 Å². The summed E-state index contributed by atoms with van der Waals surface area (Å²) < 4.78 is 38.2. The van der Waals surface area contributed by atoms with Crippen molar-refractivity contribution in [3.05, 3.63) is 127 Å². The number of rotatable bonds is 24. The molecule has 0 unspecified atom stereocenters. The van der Waals surface area contributed by atoms with Gasteiger partial charge in [0.1, 0.15) is 17.2 Å². The van der Waals surface area contributed by atoms with Crippen molar-refractivity contribution in [2.45, 2.75) is 51.4 Å². The Morgan fingerprint density at radius 2 is 0.911 bits per heavy atom. The molecule has 0 spiro atoms. The summed E-state index contributed by atoms with van der Waals surface area (Å²) in [5.41, 5.74) is 2.44. The molecule has 0 heterocycles. The lowest BCUT2D eigenvalue weighted by atomic mass is 10.0. The van der Waals surface area contributed by atoms with E-state index < -0.39 is 23.9 Å². The molecule has 0 saturated heterocycles. The SMILES string of the molecule is C=CC(=O)OCCCCCCOc1ccc(OC(=O)c2ccc(-c3ccc(OC(=O)c4ccc(OCCCCCCOC(=O)C=C)c(OC)c4)cc3)cc2)cc1. The highest BCUT2D eigenvalue weighted by Gasteiger charge is 2.14. The van der Waals surface area contributed by atoms with E-state index in [9.17, 15) is 19.2 Å². The third-order valence-electron chi connectivity index (χ3n) is 8.38. The van der Waals surface area contributed by atoms with E-state index in [4.69, 9.17) is 33.2 Å². The van der Waals surface area contributed by atoms with E-state index in [0.29, 0.717) is 66.3 Å². The van der Waals surface area contributed by atoms with Crippen molar-refractivity contribution in [2.24, 2.45) is 0 Å². The summed E-state index contributed by atoms with van der Waals surface area (Å²) in [7, 11) is 1.51. The second-order valence-electron chi connectivity index (χ2n) is 12.5. The number of methoxy groups -OCH3 is 1. The van der Waals surface area contributed by atoms with Gasteiger partial charge >= 0.3 is 23.9 Å². The summed E-state index contributed by atoms with van der Waals surface area (Å²) in [5.74, 6) is 0.547. The molecule has 0 N–H and O–H groups in total. The zero-order chi connectivity index (χ0) is 40.0. The largest absolute Gasteiger partial charge is 0.494 e. The van der Waals surface area contributed by atoms with Crippen LogP contribution in [-0.2, 0) is 19.1 Å². The maximum absolute atomic E-state index is 12.9. The second kappa shape index (κ2) is 23.4. The second-order valence-corrected chi connectivity index (χ2v) is 12.5. The number of esters is 4. The molecule has 0 radical (unpaired) electrons. The summed E-state index contributed by atoms with van der Waals surface area (Å²) in [6, 6.07) is 25.9. The molecular weight excluding hydrogens is 716 g/mol. The Kier molecular flexibility index (Phi) is 17.7. The Labute approximate surface area is 327 Å². The first-order valence-electron chi connectivity index (χ1n) is 18.6. The number of benzene rings is 4. The fourth-order valence-electron chi connectivity index (χ4n) is 5.31. The van der Waals surface area contributed by atoms with Crippen LogP contribution in [0.15, 0.2) is 116 Å². The molecule has 0 aliphatic carbocycles. The third kappa shape index (κ3) is 14.5. The topological polar surface area (TPSA) is 133 Å².